The Morgan fingerprint density at radius 3 is 1.47 bits per heavy atom. The molecule has 0 aliphatic heterocycles. The monoisotopic (exact) mass is 412 g/mol. The van der Waals surface area contributed by atoms with E-state index in [0.717, 1.165) is 0 Å². The minimum Gasteiger partial charge on any atom is -0.274 e. The Hall–Kier alpha value is -2.50. The third kappa shape index (κ3) is 3.17. The summed E-state index contributed by atoms with van der Waals surface area (Å²) < 4.78 is 2.50. The number of rotatable bonds is 6. The second-order valence-electron chi connectivity index (χ2n) is 10.4. The number of aromatic nitrogens is 2. The van der Waals surface area contributed by atoms with E-state index in [0.29, 0.717) is 18.9 Å². The zero-order chi connectivity index (χ0) is 22.8. The van der Waals surface area contributed by atoms with E-state index in [9.17, 15) is 19.2 Å². The fourth-order valence-electron chi connectivity index (χ4n) is 3.70. The van der Waals surface area contributed by atoms with Gasteiger partial charge in [0.1, 0.15) is 0 Å². The summed E-state index contributed by atoms with van der Waals surface area (Å²) in [5.41, 5.74) is -2.29. The third-order valence-corrected chi connectivity index (χ3v) is 7.51. The van der Waals surface area contributed by atoms with Gasteiger partial charge < -0.3 is 0 Å². The zero-order valence-electron chi connectivity index (χ0n) is 19.3. The average Bonchev–Trinajstić information content (AvgIpc) is 3.03. The van der Waals surface area contributed by atoms with Crippen LogP contribution in [0.2, 0.25) is 0 Å². The van der Waals surface area contributed by atoms with Crippen LogP contribution in [0.3, 0.4) is 0 Å². The summed E-state index contributed by atoms with van der Waals surface area (Å²) in [6.45, 7) is 16.4. The van der Waals surface area contributed by atoms with Crippen molar-refractivity contribution in [2.45, 2.75) is 73.9 Å². The van der Waals surface area contributed by atoms with Crippen molar-refractivity contribution >= 4 is 21.5 Å². The molecular weight excluding hydrogens is 380 g/mol. The lowest BCUT2D eigenvalue weighted by atomic mass is 9.78. The van der Waals surface area contributed by atoms with E-state index in [2.05, 4.69) is 27.7 Å². The Morgan fingerprint density at radius 1 is 0.700 bits per heavy atom. The summed E-state index contributed by atoms with van der Waals surface area (Å²) in [5, 5.41) is 0.842. The molecule has 0 saturated heterocycles. The van der Waals surface area contributed by atoms with Gasteiger partial charge in [0.05, 0.1) is 21.5 Å². The molecule has 2 heterocycles. The highest BCUT2D eigenvalue weighted by molar-refractivity contribution is 5.97. The summed E-state index contributed by atoms with van der Waals surface area (Å²) in [4.78, 5) is 52.0. The number of fused-ring (bicyclic) bond motifs is 2. The Morgan fingerprint density at radius 2 is 1.10 bits per heavy atom. The summed E-state index contributed by atoms with van der Waals surface area (Å²) in [6, 6.07) is 2.88. The molecular formula is C24H32N2O4. The first-order valence-electron chi connectivity index (χ1n) is 10.6. The molecule has 0 amide bonds. The molecule has 0 unspecified atom stereocenters. The van der Waals surface area contributed by atoms with E-state index >= 15 is 0 Å². The topological polar surface area (TPSA) is 78.1 Å². The zero-order valence-corrected chi connectivity index (χ0v) is 19.3. The lowest BCUT2D eigenvalue weighted by Crippen LogP contribution is -2.44. The van der Waals surface area contributed by atoms with Gasteiger partial charge in [-0.2, -0.15) is 0 Å². The Bertz CT molecular complexity index is 1250. The molecule has 0 saturated carbocycles. The van der Waals surface area contributed by atoms with Gasteiger partial charge in [0, 0.05) is 12.1 Å². The Labute approximate surface area is 175 Å². The predicted octanol–water partition coefficient (Wildman–Crippen LogP) is 3.38. The number of hydrogen-bond donors (Lipinski definition) is 0. The molecule has 6 heteroatoms. The standard InChI is InChI=1S/C24H32N2O4/c1-13(2)23(5,6)9-10-25-19(27)15-11-17-18(12-16(15)20(25)28)22(30)26(21(17)29)24(7,8)14(3)4/h11-14H,9-10H2,1-8H3. The molecule has 3 aromatic rings. The van der Waals surface area contributed by atoms with Gasteiger partial charge >= 0.3 is 0 Å². The largest absolute Gasteiger partial charge is 0.274 e. The van der Waals surface area contributed by atoms with E-state index in [1.54, 1.807) is 0 Å². The number of hydrogen-bond acceptors (Lipinski definition) is 4. The summed E-state index contributed by atoms with van der Waals surface area (Å²) in [6.07, 6.45) is 0.685. The highest BCUT2D eigenvalue weighted by Crippen LogP contribution is 2.30. The maximum Gasteiger partial charge on any atom is 0.262 e. The first-order valence-corrected chi connectivity index (χ1v) is 10.6. The molecule has 0 fully saturated rings. The van der Waals surface area contributed by atoms with Crippen LogP contribution in [0.25, 0.3) is 21.5 Å². The van der Waals surface area contributed by atoms with Gasteiger partial charge in [0.25, 0.3) is 22.2 Å². The van der Waals surface area contributed by atoms with Gasteiger partial charge in [-0.25, -0.2) is 0 Å². The van der Waals surface area contributed by atoms with E-state index in [1.807, 2.05) is 27.7 Å². The predicted molar refractivity (Wildman–Crippen MR) is 122 cm³/mol. The quantitative estimate of drug-likeness (QED) is 0.622. The molecule has 0 N–H and O–H groups in total. The molecule has 162 valence electrons. The first kappa shape index (κ1) is 22.2. The van der Waals surface area contributed by atoms with Crippen molar-refractivity contribution in [3.8, 4) is 0 Å². The van der Waals surface area contributed by atoms with Crippen molar-refractivity contribution in [3.05, 3.63) is 53.5 Å². The van der Waals surface area contributed by atoms with Crippen LogP contribution < -0.4 is 22.2 Å². The van der Waals surface area contributed by atoms with Gasteiger partial charge in [-0.3, -0.25) is 28.3 Å². The van der Waals surface area contributed by atoms with Gasteiger partial charge in [-0.1, -0.05) is 41.5 Å². The third-order valence-electron chi connectivity index (χ3n) is 7.51. The minimum atomic E-state index is -0.680. The molecule has 6 nitrogen and oxygen atoms in total. The maximum atomic E-state index is 13.1. The highest BCUT2D eigenvalue weighted by atomic mass is 16.2. The van der Waals surface area contributed by atoms with Crippen molar-refractivity contribution in [1.29, 1.82) is 0 Å². The van der Waals surface area contributed by atoms with Crippen molar-refractivity contribution in [2.75, 3.05) is 0 Å². The summed E-state index contributed by atoms with van der Waals surface area (Å²) in [7, 11) is 0. The van der Waals surface area contributed by atoms with E-state index in [1.165, 1.54) is 21.3 Å². The smallest absolute Gasteiger partial charge is 0.262 e. The minimum absolute atomic E-state index is 0.0219. The molecule has 3 rings (SSSR count). The van der Waals surface area contributed by atoms with Crippen LogP contribution in [0.1, 0.15) is 61.8 Å². The lowest BCUT2D eigenvalue weighted by Gasteiger charge is -2.29. The van der Waals surface area contributed by atoms with Gasteiger partial charge in [0.2, 0.25) is 0 Å². The Kier molecular flexibility index (Phi) is 5.20. The molecule has 0 aliphatic rings. The lowest BCUT2D eigenvalue weighted by molar-refractivity contribution is 0.215. The van der Waals surface area contributed by atoms with Gasteiger partial charge in [-0.15, -0.1) is 0 Å². The Balaban J connectivity index is 2.24. The first-order chi connectivity index (χ1) is 13.7. The van der Waals surface area contributed by atoms with E-state index in [-0.39, 0.29) is 44.0 Å². The van der Waals surface area contributed by atoms with E-state index < -0.39 is 16.7 Å². The highest BCUT2D eigenvalue weighted by Gasteiger charge is 2.31. The van der Waals surface area contributed by atoms with Crippen molar-refractivity contribution in [3.63, 3.8) is 0 Å². The van der Waals surface area contributed by atoms with Gasteiger partial charge in [0.15, 0.2) is 0 Å². The fraction of sp³-hybridized carbons (Fsp3) is 0.583. The molecule has 0 spiro atoms. The molecule has 0 bridgehead atoms. The fourth-order valence-corrected chi connectivity index (χ4v) is 3.70. The second-order valence-corrected chi connectivity index (χ2v) is 10.4. The van der Waals surface area contributed by atoms with Crippen LogP contribution in [0.4, 0.5) is 0 Å². The molecule has 1 aromatic carbocycles. The molecule has 0 atom stereocenters. The normalized spacial score (nSPS) is 13.4. The van der Waals surface area contributed by atoms with Crippen LogP contribution in [0.5, 0.6) is 0 Å². The van der Waals surface area contributed by atoms with Crippen LogP contribution >= 0.6 is 0 Å². The number of benzene rings is 1. The van der Waals surface area contributed by atoms with Crippen molar-refractivity contribution in [1.82, 2.24) is 9.13 Å². The molecule has 2 aromatic heterocycles. The maximum absolute atomic E-state index is 13.1. The van der Waals surface area contributed by atoms with Gasteiger partial charge in [-0.05, 0) is 49.7 Å². The second kappa shape index (κ2) is 7.03. The van der Waals surface area contributed by atoms with E-state index in [4.69, 9.17) is 0 Å². The van der Waals surface area contributed by atoms with Crippen molar-refractivity contribution in [2.24, 2.45) is 17.3 Å². The SMILES string of the molecule is CC(C)C(C)(C)CCn1c(=O)c2cc3c(=O)n(C(C)(C)C(C)C)c(=O)c3cc2c1=O. The summed E-state index contributed by atoms with van der Waals surface area (Å²) in [5.74, 6) is 0.455. The number of nitrogens with zero attached hydrogens (tertiary/aromatic N) is 2. The molecule has 30 heavy (non-hydrogen) atoms. The van der Waals surface area contributed by atoms with Crippen LogP contribution in [-0.2, 0) is 12.1 Å². The van der Waals surface area contributed by atoms with Crippen LogP contribution in [-0.4, -0.2) is 9.13 Å². The van der Waals surface area contributed by atoms with Crippen LogP contribution in [0.15, 0.2) is 31.3 Å². The molecule has 0 radical (unpaired) electrons. The molecule has 0 aliphatic carbocycles. The van der Waals surface area contributed by atoms with Crippen LogP contribution in [0, 0.1) is 17.3 Å². The summed E-state index contributed by atoms with van der Waals surface area (Å²) >= 11 is 0. The average molecular weight is 413 g/mol. The van der Waals surface area contributed by atoms with Crippen molar-refractivity contribution < 1.29 is 0 Å².